The molecule has 4 atom stereocenters. The lowest BCUT2D eigenvalue weighted by Gasteiger charge is -2.08. The Hall–Kier alpha value is 0.440. The van der Waals surface area contributed by atoms with Crippen molar-refractivity contribution in [3.63, 3.8) is 0 Å². The van der Waals surface area contributed by atoms with Crippen LogP contribution in [0.1, 0.15) is 20.8 Å². The van der Waals surface area contributed by atoms with Gasteiger partial charge in [-0.2, -0.15) is 0 Å². The maximum Gasteiger partial charge on any atom is 0.0679 e. The zero-order valence-corrected chi connectivity index (χ0v) is 7.68. The van der Waals surface area contributed by atoms with E-state index < -0.39 is 0 Å². The second-order valence-electron chi connectivity index (χ2n) is 2.85. The summed E-state index contributed by atoms with van der Waals surface area (Å²) >= 11 is 3.58. The van der Waals surface area contributed by atoms with Crippen LogP contribution in [-0.2, 0) is 4.74 Å². The quantitative estimate of drug-likeness (QED) is 0.536. The molecule has 1 nitrogen and oxygen atoms in total. The number of ether oxygens (including phenoxy) is 1. The average molecular weight is 193 g/mol. The SMILES string of the molecule is C[C@H]1[C@H](Br)[C@@H](C)O[C@H]1C. The molecule has 0 aromatic heterocycles. The van der Waals surface area contributed by atoms with Crippen molar-refractivity contribution in [2.45, 2.75) is 37.8 Å². The topological polar surface area (TPSA) is 9.23 Å². The third-order valence-electron chi connectivity index (χ3n) is 2.12. The highest BCUT2D eigenvalue weighted by atomic mass is 79.9. The molecule has 0 radical (unpaired) electrons. The lowest BCUT2D eigenvalue weighted by Crippen LogP contribution is -2.15. The van der Waals surface area contributed by atoms with Crippen LogP contribution in [0.15, 0.2) is 0 Å². The van der Waals surface area contributed by atoms with Gasteiger partial charge in [0, 0.05) is 4.83 Å². The Kier molecular flexibility index (Phi) is 2.17. The second kappa shape index (κ2) is 2.59. The summed E-state index contributed by atoms with van der Waals surface area (Å²) in [5.41, 5.74) is 0. The van der Waals surface area contributed by atoms with Crippen molar-refractivity contribution in [3.8, 4) is 0 Å². The van der Waals surface area contributed by atoms with E-state index in [0.717, 1.165) is 0 Å². The molecule has 0 aromatic rings. The molecule has 2 heteroatoms. The lowest BCUT2D eigenvalue weighted by atomic mass is 10.0. The summed E-state index contributed by atoms with van der Waals surface area (Å²) in [4.78, 5) is 0.549. The van der Waals surface area contributed by atoms with E-state index in [1.165, 1.54) is 0 Å². The van der Waals surface area contributed by atoms with Gasteiger partial charge in [-0.25, -0.2) is 0 Å². The van der Waals surface area contributed by atoms with Gasteiger partial charge in [0.2, 0.25) is 0 Å². The molecule has 1 saturated heterocycles. The van der Waals surface area contributed by atoms with E-state index in [0.29, 0.717) is 23.0 Å². The minimum atomic E-state index is 0.384. The monoisotopic (exact) mass is 192 g/mol. The fourth-order valence-electron chi connectivity index (χ4n) is 1.22. The predicted octanol–water partition coefficient (Wildman–Crippen LogP) is 2.19. The maximum atomic E-state index is 5.54. The average Bonchev–Trinajstić information content (AvgIpc) is 1.98. The Bertz CT molecular complexity index is 93.1. The molecule has 0 aliphatic carbocycles. The molecule has 9 heavy (non-hydrogen) atoms. The van der Waals surface area contributed by atoms with Crippen LogP contribution < -0.4 is 0 Å². The molecule has 0 N–H and O–H groups in total. The molecule has 54 valence electrons. The van der Waals surface area contributed by atoms with Crippen molar-refractivity contribution in [2.75, 3.05) is 0 Å². The normalized spacial score (nSPS) is 52.0. The smallest absolute Gasteiger partial charge is 0.0679 e. The van der Waals surface area contributed by atoms with Crippen molar-refractivity contribution < 1.29 is 4.74 Å². The Morgan fingerprint density at radius 1 is 1.11 bits per heavy atom. The molecule has 0 unspecified atom stereocenters. The summed E-state index contributed by atoms with van der Waals surface area (Å²) < 4.78 is 5.54. The van der Waals surface area contributed by atoms with Crippen molar-refractivity contribution in [3.05, 3.63) is 0 Å². The molecular weight excluding hydrogens is 180 g/mol. The molecule has 1 heterocycles. The first-order valence-corrected chi connectivity index (χ1v) is 4.34. The van der Waals surface area contributed by atoms with E-state index in [9.17, 15) is 0 Å². The van der Waals surface area contributed by atoms with Gasteiger partial charge < -0.3 is 4.74 Å². The molecule has 0 aromatic carbocycles. The first-order valence-electron chi connectivity index (χ1n) is 3.42. The van der Waals surface area contributed by atoms with E-state index in [-0.39, 0.29) is 0 Å². The molecule has 1 fully saturated rings. The van der Waals surface area contributed by atoms with Crippen molar-refractivity contribution in [2.24, 2.45) is 5.92 Å². The van der Waals surface area contributed by atoms with Crippen LogP contribution in [-0.4, -0.2) is 17.0 Å². The molecule has 0 bridgehead atoms. The zero-order chi connectivity index (χ0) is 7.02. The van der Waals surface area contributed by atoms with Gasteiger partial charge in [0.05, 0.1) is 12.2 Å². The van der Waals surface area contributed by atoms with Crippen LogP contribution in [0.5, 0.6) is 0 Å². The summed E-state index contributed by atoms with van der Waals surface area (Å²) in [7, 11) is 0. The Morgan fingerprint density at radius 3 is 1.78 bits per heavy atom. The van der Waals surface area contributed by atoms with Crippen molar-refractivity contribution in [1.82, 2.24) is 0 Å². The first kappa shape index (κ1) is 7.55. The van der Waals surface area contributed by atoms with Gasteiger partial charge in [0.15, 0.2) is 0 Å². The molecule has 1 aliphatic heterocycles. The number of hydrogen-bond acceptors (Lipinski definition) is 1. The summed E-state index contributed by atoms with van der Waals surface area (Å²) in [5.74, 6) is 0.653. The second-order valence-corrected chi connectivity index (χ2v) is 3.91. The van der Waals surface area contributed by atoms with Gasteiger partial charge in [-0.15, -0.1) is 0 Å². The van der Waals surface area contributed by atoms with Crippen LogP contribution in [0.4, 0.5) is 0 Å². The van der Waals surface area contributed by atoms with E-state index in [2.05, 4.69) is 36.7 Å². The van der Waals surface area contributed by atoms with Crippen LogP contribution in [0.3, 0.4) is 0 Å². The summed E-state index contributed by atoms with van der Waals surface area (Å²) in [6, 6.07) is 0. The van der Waals surface area contributed by atoms with Gasteiger partial charge in [0.1, 0.15) is 0 Å². The minimum absolute atomic E-state index is 0.384. The van der Waals surface area contributed by atoms with Gasteiger partial charge >= 0.3 is 0 Å². The fraction of sp³-hybridized carbons (Fsp3) is 1.00. The van der Waals surface area contributed by atoms with Gasteiger partial charge in [-0.1, -0.05) is 22.9 Å². The summed E-state index contributed by atoms with van der Waals surface area (Å²) in [5, 5.41) is 0. The molecule has 0 saturated carbocycles. The third kappa shape index (κ3) is 1.30. The standard InChI is InChI=1S/C7H13BrO/c1-4-5(2)9-6(3)7(4)8/h4-7H,1-3H3/t4-,5+,6-,7+/m1/s1. The highest BCUT2D eigenvalue weighted by Gasteiger charge is 2.34. The number of rotatable bonds is 0. The predicted molar refractivity (Wildman–Crippen MR) is 41.9 cm³/mol. The van der Waals surface area contributed by atoms with E-state index in [4.69, 9.17) is 4.74 Å². The summed E-state index contributed by atoms with van der Waals surface area (Å²) in [6.07, 6.45) is 0.805. The molecule has 0 amide bonds. The first-order chi connectivity index (χ1) is 4.13. The summed E-state index contributed by atoms with van der Waals surface area (Å²) in [6.45, 7) is 6.45. The fourth-order valence-corrected chi connectivity index (χ4v) is 1.78. The number of hydrogen-bond donors (Lipinski definition) is 0. The van der Waals surface area contributed by atoms with E-state index in [1.54, 1.807) is 0 Å². The van der Waals surface area contributed by atoms with Gasteiger partial charge in [0.25, 0.3) is 0 Å². The third-order valence-corrected chi connectivity index (χ3v) is 3.70. The highest BCUT2D eigenvalue weighted by molar-refractivity contribution is 9.09. The van der Waals surface area contributed by atoms with Crippen LogP contribution in [0.25, 0.3) is 0 Å². The molecule has 1 aliphatic rings. The minimum Gasteiger partial charge on any atom is -0.374 e. The number of halogens is 1. The molecular formula is C7H13BrO. The Labute approximate surface area is 64.9 Å². The maximum absolute atomic E-state index is 5.54. The largest absolute Gasteiger partial charge is 0.374 e. The van der Waals surface area contributed by atoms with Gasteiger partial charge in [-0.3, -0.25) is 0 Å². The highest BCUT2D eigenvalue weighted by Crippen LogP contribution is 2.31. The molecule has 0 spiro atoms. The van der Waals surface area contributed by atoms with Crippen LogP contribution >= 0.6 is 15.9 Å². The lowest BCUT2D eigenvalue weighted by molar-refractivity contribution is 0.0588. The van der Waals surface area contributed by atoms with Crippen molar-refractivity contribution in [1.29, 1.82) is 0 Å². The van der Waals surface area contributed by atoms with Crippen molar-refractivity contribution >= 4 is 15.9 Å². The van der Waals surface area contributed by atoms with E-state index >= 15 is 0 Å². The zero-order valence-electron chi connectivity index (χ0n) is 6.10. The Morgan fingerprint density at radius 2 is 1.67 bits per heavy atom. The number of alkyl halides is 1. The van der Waals surface area contributed by atoms with Crippen LogP contribution in [0.2, 0.25) is 0 Å². The van der Waals surface area contributed by atoms with E-state index in [1.807, 2.05) is 0 Å². The van der Waals surface area contributed by atoms with Crippen LogP contribution in [0, 0.1) is 5.92 Å². The Balaban J connectivity index is 2.54. The molecule has 1 rings (SSSR count). The van der Waals surface area contributed by atoms with Gasteiger partial charge in [-0.05, 0) is 19.8 Å².